The molecule has 4 bridgehead atoms. The number of rotatable bonds is 3. The summed E-state index contributed by atoms with van der Waals surface area (Å²) in [6, 6.07) is 20.3. The zero-order chi connectivity index (χ0) is 27.1. The molecule has 39 heavy (non-hydrogen) atoms. The van der Waals surface area contributed by atoms with E-state index in [-0.39, 0.29) is 24.4 Å². The Morgan fingerprint density at radius 3 is 2.74 bits per heavy atom. The van der Waals surface area contributed by atoms with E-state index in [1.165, 1.54) is 5.56 Å². The third-order valence-electron chi connectivity index (χ3n) is 8.54. The van der Waals surface area contributed by atoms with Crippen LogP contribution in [0.3, 0.4) is 0 Å². The molecule has 0 unspecified atom stereocenters. The van der Waals surface area contributed by atoms with Gasteiger partial charge in [0.05, 0.1) is 25.2 Å². The number of anilines is 1. The average Bonchev–Trinajstić information content (AvgIpc) is 3.42. The summed E-state index contributed by atoms with van der Waals surface area (Å²) in [7, 11) is 1.70. The number of ether oxygens (including phenoxy) is 2. The summed E-state index contributed by atoms with van der Waals surface area (Å²) in [5, 5.41) is 2.96. The van der Waals surface area contributed by atoms with Gasteiger partial charge in [-0.2, -0.15) is 0 Å². The van der Waals surface area contributed by atoms with Crippen LogP contribution in [0.25, 0.3) is 0 Å². The lowest BCUT2D eigenvalue weighted by atomic mass is 9.72. The van der Waals surface area contributed by atoms with Gasteiger partial charge in [-0.25, -0.2) is 0 Å². The van der Waals surface area contributed by atoms with Crippen molar-refractivity contribution in [2.24, 2.45) is 0 Å². The molecule has 0 aromatic heterocycles. The van der Waals surface area contributed by atoms with E-state index in [0.717, 1.165) is 46.0 Å². The van der Waals surface area contributed by atoms with Crippen LogP contribution in [-0.2, 0) is 21.5 Å². The summed E-state index contributed by atoms with van der Waals surface area (Å²) in [6.07, 6.45) is 1.36. The number of nitrogens with one attached hydrogen (secondary N) is 1. The number of carbonyl (C=O) groups excluding carboxylic acids is 2. The number of benzene rings is 3. The highest BCUT2D eigenvalue weighted by atomic mass is 16.5. The quantitative estimate of drug-likeness (QED) is 0.548. The predicted molar refractivity (Wildman–Crippen MR) is 150 cm³/mol. The third kappa shape index (κ3) is 4.25. The van der Waals surface area contributed by atoms with E-state index >= 15 is 0 Å². The first kappa shape index (κ1) is 25.4. The van der Waals surface area contributed by atoms with E-state index in [4.69, 9.17) is 9.47 Å². The molecular weight excluding hydrogens is 490 g/mol. The Bertz CT molecular complexity index is 1440. The largest absolute Gasteiger partial charge is 0.496 e. The molecule has 1 spiro atoms. The van der Waals surface area contributed by atoms with Gasteiger partial charge in [0.25, 0.3) is 0 Å². The fraction of sp³-hybridized carbons (Fsp3) is 0.375. The number of hydrogen-bond donors (Lipinski definition) is 1. The minimum atomic E-state index is -0.797. The topological polar surface area (TPSA) is 71.1 Å². The van der Waals surface area contributed by atoms with E-state index in [2.05, 4.69) is 54.4 Å². The molecule has 3 aromatic carbocycles. The van der Waals surface area contributed by atoms with Crippen molar-refractivity contribution in [3.05, 3.63) is 88.5 Å². The minimum Gasteiger partial charge on any atom is -0.496 e. The summed E-state index contributed by atoms with van der Waals surface area (Å²) in [6.45, 7) is 6.66. The molecule has 1 saturated heterocycles. The molecule has 6 rings (SSSR count). The zero-order valence-corrected chi connectivity index (χ0v) is 22.8. The first-order valence-electron chi connectivity index (χ1n) is 13.7. The lowest BCUT2D eigenvalue weighted by Crippen LogP contribution is -2.47. The Hall–Kier alpha value is -3.84. The first-order chi connectivity index (χ1) is 18.9. The van der Waals surface area contributed by atoms with Gasteiger partial charge in [-0.05, 0) is 78.8 Å². The predicted octanol–water partition coefficient (Wildman–Crippen LogP) is 4.44. The second kappa shape index (κ2) is 10.0. The van der Waals surface area contributed by atoms with Crippen LogP contribution in [0.1, 0.15) is 46.7 Å². The first-order valence-corrected chi connectivity index (χ1v) is 13.7. The van der Waals surface area contributed by atoms with E-state index in [0.29, 0.717) is 32.5 Å². The van der Waals surface area contributed by atoms with Gasteiger partial charge in [0.15, 0.2) is 0 Å². The lowest BCUT2D eigenvalue weighted by Gasteiger charge is -2.36. The van der Waals surface area contributed by atoms with Gasteiger partial charge in [-0.1, -0.05) is 36.4 Å². The van der Waals surface area contributed by atoms with Crippen LogP contribution >= 0.6 is 0 Å². The van der Waals surface area contributed by atoms with Gasteiger partial charge < -0.3 is 19.7 Å². The normalized spacial score (nSPS) is 22.9. The number of amides is 2. The molecular formula is C32H35N3O4. The number of hydrogen-bond acceptors (Lipinski definition) is 5. The van der Waals surface area contributed by atoms with E-state index in [1.807, 2.05) is 30.3 Å². The summed E-state index contributed by atoms with van der Waals surface area (Å²) in [5.41, 5.74) is 5.56. The van der Waals surface area contributed by atoms with Gasteiger partial charge in [0.1, 0.15) is 18.0 Å². The van der Waals surface area contributed by atoms with Crippen molar-refractivity contribution in [1.29, 1.82) is 0 Å². The van der Waals surface area contributed by atoms with Gasteiger partial charge in [0, 0.05) is 25.3 Å². The van der Waals surface area contributed by atoms with Gasteiger partial charge in [0.2, 0.25) is 11.8 Å². The van der Waals surface area contributed by atoms with Crippen LogP contribution in [-0.4, -0.2) is 50.1 Å². The maximum atomic E-state index is 14.6. The van der Waals surface area contributed by atoms with Crippen molar-refractivity contribution in [3.63, 3.8) is 0 Å². The number of methoxy groups -OCH3 is 1. The highest BCUT2D eigenvalue weighted by molar-refractivity contribution is 6.11. The molecule has 2 atom stereocenters. The Morgan fingerprint density at radius 1 is 1.05 bits per heavy atom. The Kier molecular flexibility index (Phi) is 6.55. The van der Waals surface area contributed by atoms with Crippen molar-refractivity contribution in [3.8, 4) is 11.5 Å². The smallest absolute Gasteiger partial charge is 0.240 e. The number of fused-ring (bicyclic) bond motifs is 6. The van der Waals surface area contributed by atoms with Crippen molar-refractivity contribution in [2.45, 2.75) is 44.7 Å². The second-order valence-corrected chi connectivity index (χ2v) is 10.9. The number of carbonyl (C=O) groups is 2. The lowest BCUT2D eigenvalue weighted by molar-refractivity contribution is -0.127. The Morgan fingerprint density at radius 2 is 1.90 bits per heavy atom. The fourth-order valence-electron chi connectivity index (χ4n) is 6.70. The van der Waals surface area contributed by atoms with E-state index in [9.17, 15) is 9.59 Å². The molecule has 3 heterocycles. The summed E-state index contributed by atoms with van der Waals surface area (Å²) < 4.78 is 11.6. The van der Waals surface area contributed by atoms with Crippen LogP contribution in [0.2, 0.25) is 0 Å². The molecule has 3 aliphatic heterocycles. The van der Waals surface area contributed by atoms with Crippen LogP contribution in [0.5, 0.6) is 11.5 Å². The third-order valence-corrected chi connectivity index (χ3v) is 8.54. The molecule has 0 aliphatic carbocycles. The van der Waals surface area contributed by atoms with Crippen LogP contribution in [0, 0.1) is 13.8 Å². The zero-order valence-electron chi connectivity index (χ0n) is 22.8. The fourth-order valence-corrected chi connectivity index (χ4v) is 6.70. The number of para-hydroxylation sites is 1. The molecule has 1 N–H and O–H groups in total. The van der Waals surface area contributed by atoms with Crippen molar-refractivity contribution in [2.75, 3.05) is 38.3 Å². The molecule has 7 heteroatoms. The van der Waals surface area contributed by atoms with Gasteiger partial charge >= 0.3 is 0 Å². The standard InChI is InChI=1S/C32H35N3O4/c1-21-17-28(38-3)22(2)16-24(21)19-34-14-12-32-26-10-4-5-11-27(26)35(31(32)37)20-29(36)33-13-7-15-39-25-9-6-8-23(18-25)30(32)34/h4-6,8-11,16-18,30H,7,12-15,19-20H2,1-3H3,(H,33,36)/t30-,32+/m0/s1. The second-order valence-electron chi connectivity index (χ2n) is 10.9. The Balaban J connectivity index is 1.50. The van der Waals surface area contributed by atoms with Crippen LogP contribution < -0.4 is 19.7 Å². The van der Waals surface area contributed by atoms with Crippen molar-refractivity contribution < 1.29 is 19.1 Å². The van der Waals surface area contributed by atoms with Gasteiger partial charge in [-0.3, -0.25) is 14.5 Å². The average molecular weight is 526 g/mol. The summed E-state index contributed by atoms with van der Waals surface area (Å²) in [5.74, 6) is 1.51. The van der Waals surface area contributed by atoms with Gasteiger partial charge in [-0.15, -0.1) is 0 Å². The maximum absolute atomic E-state index is 14.6. The highest BCUT2D eigenvalue weighted by Gasteiger charge is 2.60. The molecule has 0 saturated carbocycles. The summed E-state index contributed by atoms with van der Waals surface area (Å²) in [4.78, 5) is 31.6. The number of likely N-dealkylation sites (tertiary alicyclic amines) is 1. The minimum absolute atomic E-state index is 0.00244. The van der Waals surface area contributed by atoms with Crippen LogP contribution in [0.15, 0.2) is 60.7 Å². The maximum Gasteiger partial charge on any atom is 0.240 e. The van der Waals surface area contributed by atoms with Crippen LogP contribution in [0.4, 0.5) is 5.69 Å². The molecule has 2 amide bonds. The van der Waals surface area contributed by atoms with Crippen molar-refractivity contribution in [1.82, 2.24) is 10.2 Å². The SMILES string of the molecule is COc1cc(C)c(CN2CC[C@]34C(=O)N(CC(=O)NCCCOc5cccc(c5)[C@H]23)c2ccccc24)cc1C. The molecule has 3 aliphatic rings. The highest BCUT2D eigenvalue weighted by Crippen LogP contribution is 2.57. The molecule has 0 radical (unpaired) electrons. The molecule has 202 valence electrons. The summed E-state index contributed by atoms with van der Waals surface area (Å²) >= 11 is 0. The van der Waals surface area contributed by atoms with E-state index in [1.54, 1.807) is 12.0 Å². The number of aryl methyl sites for hydroxylation is 2. The molecule has 3 aromatic rings. The van der Waals surface area contributed by atoms with Crippen molar-refractivity contribution >= 4 is 17.5 Å². The van der Waals surface area contributed by atoms with E-state index < -0.39 is 5.41 Å². The molecule has 1 fully saturated rings. The molecule has 7 nitrogen and oxygen atoms in total. The number of nitrogens with zero attached hydrogens (tertiary/aromatic N) is 2. The Labute approximate surface area is 229 Å². The monoisotopic (exact) mass is 525 g/mol.